The van der Waals surface area contributed by atoms with Crippen LogP contribution >= 0.6 is 31.9 Å². The lowest BCUT2D eigenvalue weighted by atomic mass is 10.0. The molecule has 4 aromatic rings. The zero-order chi connectivity index (χ0) is 21.8. The summed E-state index contributed by atoms with van der Waals surface area (Å²) >= 11 is 7.05. The molecule has 0 aliphatic heterocycles. The maximum atomic E-state index is 13.1. The Morgan fingerprint density at radius 2 is 0.903 bits per heavy atom. The van der Waals surface area contributed by atoms with Gasteiger partial charge in [0, 0.05) is 8.95 Å². The minimum absolute atomic E-state index is 0.0315. The van der Waals surface area contributed by atoms with Gasteiger partial charge in [-0.1, -0.05) is 105 Å². The Bertz CT molecular complexity index is 1210. The van der Waals surface area contributed by atoms with Crippen molar-refractivity contribution in [2.45, 2.75) is 11.5 Å². The molecule has 0 saturated heterocycles. The molecule has 2 nitrogen and oxygen atoms in total. The van der Waals surface area contributed by atoms with Gasteiger partial charge >= 0.3 is 0 Å². The fourth-order valence-corrected chi connectivity index (χ4v) is 6.19. The van der Waals surface area contributed by atoms with Crippen LogP contribution in [0.2, 0.25) is 0 Å². The van der Waals surface area contributed by atoms with Gasteiger partial charge in [0.25, 0.3) is 0 Å². The molecular weight excluding hydrogens is 536 g/mol. The van der Waals surface area contributed by atoms with E-state index >= 15 is 0 Å². The summed E-state index contributed by atoms with van der Waals surface area (Å²) in [6.07, 6.45) is 0. The second kappa shape index (κ2) is 9.51. The summed E-state index contributed by atoms with van der Waals surface area (Å²) in [7, 11) is -3.39. The van der Waals surface area contributed by atoms with Crippen molar-refractivity contribution >= 4 is 41.7 Å². The third kappa shape index (κ3) is 5.53. The van der Waals surface area contributed by atoms with E-state index in [4.69, 9.17) is 0 Å². The lowest BCUT2D eigenvalue weighted by Crippen LogP contribution is -2.09. The highest BCUT2D eigenvalue weighted by Crippen LogP contribution is 2.30. The van der Waals surface area contributed by atoms with E-state index in [2.05, 4.69) is 31.9 Å². The Morgan fingerprint density at radius 3 is 1.29 bits per heavy atom. The minimum atomic E-state index is -3.39. The van der Waals surface area contributed by atoms with Gasteiger partial charge in [-0.15, -0.1) is 0 Å². The standard InChI is InChI=1S/C26H20Br2O2S/c27-25-13-11-21(19-7-3-1-4-8-19)15-23(25)17-31(29,30)18-24-16-22(12-14-26(24)28)20-9-5-2-6-10-20/h1-16H,17-18H2. The Balaban J connectivity index is 1.61. The van der Waals surface area contributed by atoms with Crippen molar-refractivity contribution in [3.05, 3.63) is 117 Å². The molecular formula is C26H20Br2O2S. The highest BCUT2D eigenvalue weighted by molar-refractivity contribution is 9.10. The van der Waals surface area contributed by atoms with Gasteiger partial charge in [0.15, 0.2) is 9.84 Å². The lowest BCUT2D eigenvalue weighted by molar-refractivity contribution is 0.594. The topological polar surface area (TPSA) is 34.1 Å². The molecule has 0 unspecified atom stereocenters. The lowest BCUT2D eigenvalue weighted by Gasteiger charge is -2.12. The summed E-state index contributed by atoms with van der Waals surface area (Å²) in [5.41, 5.74) is 5.65. The normalized spacial score (nSPS) is 11.4. The Labute approximate surface area is 200 Å². The third-order valence-corrected chi connectivity index (χ3v) is 8.11. The van der Waals surface area contributed by atoms with Crippen LogP contribution in [0.1, 0.15) is 11.1 Å². The van der Waals surface area contributed by atoms with Gasteiger partial charge in [-0.2, -0.15) is 0 Å². The van der Waals surface area contributed by atoms with Crippen molar-refractivity contribution in [1.82, 2.24) is 0 Å². The first kappa shape index (κ1) is 22.0. The van der Waals surface area contributed by atoms with Crippen LogP contribution in [0.25, 0.3) is 22.3 Å². The predicted octanol–water partition coefficient (Wildman–Crippen LogP) is 7.66. The van der Waals surface area contributed by atoms with Crippen LogP contribution in [-0.2, 0) is 21.3 Å². The van der Waals surface area contributed by atoms with Crippen molar-refractivity contribution < 1.29 is 8.42 Å². The number of hydrogen-bond donors (Lipinski definition) is 0. The molecule has 156 valence electrons. The van der Waals surface area contributed by atoms with Gasteiger partial charge in [-0.3, -0.25) is 0 Å². The van der Waals surface area contributed by atoms with Crippen LogP contribution in [0.3, 0.4) is 0 Å². The fraction of sp³-hybridized carbons (Fsp3) is 0.0769. The van der Waals surface area contributed by atoms with Crippen LogP contribution in [0, 0.1) is 0 Å². The van der Waals surface area contributed by atoms with E-state index in [9.17, 15) is 8.42 Å². The van der Waals surface area contributed by atoms with Gasteiger partial charge in [0.2, 0.25) is 0 Å². The molecule has 0 atom stereocenters. The number of rotatable bonds is 6. The Hall–Kier alpha value is -2.21. The summed E-state index contributed by atoms with van der Waals surface area (Å²) in [6.45, 7) is 0. The summed E-state index contributed by atoms with van der Waals surface area (Å²) in [4.78, 5) is 0. The van der Waals surface area contributed by atoms with Crippen LogP contribution in [0.15, 0.2) is 106 Å². The predicted molar refractivity (Wildman–Crippen MR) is 135 cm³/mol. The average Bonchev–Trinajstić information content (AvgIpc) is 2.78. The first-order chi connectivity index (χ1) is 14.9. The van der Waals surface area contributed by atoms with E-state index < -0.39 is 9.84 Å². The van der Waals surface area contributed by atoms with Crippen molar-refractivity contribution in [2.75, 3.05) is 0 Å². The van der Waals surface area contributed by atoms with Gasteiger partial charge in [0.05, 0.1) is 11.5 Å². The Morgan fingerprint density at radius 1 is 0.516 bits per heavy atom. The number of sulfone groups is 1. The molecule has 4 aromatic carbocycles. The molecule has 0 bridgehead atoms. The van der Waals surface area contributed by atoms with Crippen molar-refractivity contribution in [3.8, 4) is 22.3 Å². The Kier molecular flexibility index (Phi) is 6.75. The van der Waals surface area contributed by atoms with E-state index in [1.807, 2.05) is 97.1 Å². The number of benzene rings is 4. The van der Waals surface area contributed by atoms with Crippen molar-refractivity contribution in [3.63, 3.8) is 0 Å². The maximum Gasteiger partial charge on any atom is 0.158 e. The zero-order valence-electron chi connectivity index (χ0n) is 16.6. The third-order valence-electron chi connectivity index (χ3n) is 5.06. The first-order valence-corrected chi connectivity index (χ1v) is 13.2. The van der Waals surface area contributed by atoms with E-state index in [0.717, 1.165) is 42.3 Å². The molecule has 31 heavy (non-hydrogen) atoms. The van der Waals surface area contributed by atoms with Gasteiger partial charge < -0.3 is 0 Å². The van der Waals surface area contributed by atoms with Crippen LogP contribution in [-0.4, -0.2) is 8.42 Å². The van der Waals surface area contributed by atoms with Gasteiger partial charge in [-0.05, 0) is 57.6 Å². The van der Waals surface area contributed by atoms with E-state index in [1.165, 1.54) is 0 Å². The van der Waals surface area contributed by atoms with E-state index in [0.29, 0.717) is 0 Å². The molecule has 0 saturated carbocycles. The highest BCUT2D eigenvalue weighted by atomic mass is 79.9. The number of hydrogen-bond acceptors (Lipinski definition) is 2. The molecule has 0 aliphatic rings. The summed E-state index contributed by atoms with van der Waals surface area (Å²) < 4.78 is 27.9. The summed E-state index contributed by atoms with van der Waals surface area (Å²) in [5, 5.41) is 0. The van der Waals surface area contributed by atoms with Crippen molar-refractivity contribution in [1.29, 1.82) is 0 Å². The first-order valence-electron chi connectivity index (χ1n) is 9.79. The van der Waals surface area contributed by atoms with E-state index in [-0.39, 0.29) is 11.5 Å². The second-order valence-electron chi connectivity index (χ2n) is 7.38. The van der Waals surface area contributed by atoms with Crippen LogP contribution in [0.5, 0.6) is 0 Å². The van der Waals surface area contributed by atoms with Crippen LogP contribution in [0.4, 0.5) is 0 Å². The molecule has 4 rings (SSSR count). The SMILES string of the molecule is O=S(=O)(Cc1cc(-c2ccccc2)ccc1Br)Cc1cc(-c2ccccc2)ccc1Br. The van der Waals surface area contributed by atoms with Crippen LogP contribution < -0.4 is 0 Å². The van der Waals surface area contributed by atoms with Crippen molar-refractivity contribution in [2.24, 2.45) is 0 Å². The maximum absolute atomic E-state index is 13.1. The summed E-state index contributed by atoms with van der Waals surface area (Å²) in [6, 6.07) is 31.7. The smallest absolute Gasteiger partial charge is 0.158 e. The van der Waals surface area contributed by atoms with E-state index in [1.54, 1.807) is 0 Å². The highest BCUT2D eigenvalue weighted by Gasteiger charge is 2.18. The monoisotopic (exact) mass is 554 g/mol. The molecule has 0 aliphatic carbocycles. The minimum Gasteiger partial charge on any atom is -0.228 e. The molecule has 0 heterocycles. The molecule has 0 amide bonds. The number of halogens is 2. The molecule has 0 N–H and O–H groups in total. The second-order valence-corrected chi connectivity index (χ2v) is 11.1. The fourth-order valence-electron chi connectivity index (χ4n) is 3.52. The molecule has 0 spiro atoms. The average molecular weight is 556 g/mol. The quantitative estimate of drug-likeness (QED) is 0.245. The van der Waals surface area contributed by atoms with Gasteiger partial charge in [-0.25, -0.2) is 8.42 Å². The zero-order valence-corrected chi connectivity index (χ0v) is 20.6. The molecule has 0 radical (unpaired) electrons. The van der Waals surface area contributed by atoms with Gasteiger partial charge in [0.1, 0.15) is 0 Å². The largest absolute Gasteiger partial charge is 0.228 e. The molecule has 5 heteroatoms. The molecule has 0 fully saturated rings. The molecule has 0 aromatic heterocycles. The summed E-state index contributed by atoms with van der Waals surface area (Å²) in [5.74, 6) is -0.0630.